The molecule has 1 fully saturated rings. The maximum absolute atomic E-state index is 13.5. The first-order chi connectivity index (χ1) is 12.6. The van der Waals surface area contributed by atoms with Crippen LogP contribution in [0, 0.1) is 12.7 Å². The number of benzene rings is 2. The highest BCUT2D eigenvalue weighted by molar-refractivity contribution is 5.82. The summed E-state index contributed by atoms with van der Waals surface area (Å²) in [6.07, 6.45) is -0.318. The quantitative estimate of drug-likeness (QED) is 0.776. The smallest absolute Gasteiger partial charge is 0.193 e. The van der Waals surface area contributed by atoms with Crippen molar-refractivity contribution in [2.45, 2.75) is 13.0 Å². The molecule has 2 aromatic carbocycles. The van der Waals surface area contributed by atoms with Crippen LogP contribution in [0.1, 0.15) is 17.4 Å². The molecule has 3 aromatic rings. The lowest BCUT2D eigenvalue weighted by Crippen LogP contribution is -2.33. The predicted octanol–water partition coefficient (Wildman–Crippen LogP) is 3.69. The van der Waals surface area contributed by atoms with Gasteiger partial charge in [-0.2, -0.15) is 0 Å². The fraction of sp³-hybridized carbons (Fsp3) is 0.250. The first-order valence-electron chi connectivity index (χ1n) is 8.45. The fourth-order valence-corrected chi connectivity index (χ4v) is 2.96. The minimum absolute atomic E-state index is 0.156. The van der Waals surface area contributed by atoms with E-state index in [1.807, 2.05) is 0 Å². The number of para-hydroxylation sites is 1. The summed E-state index contributed by atoms with van der Waals surface area (Å²) in [7, 11) is 0. The van der Waals surface area contributed by atoms with Crippen molar-refractivity contribution in [2.75, 3.05) is 19.7 Å². The molecular weight excluding hydrogens is 337 g/mol. The number of fused-ring (bicyclic) bond motifs is 1. The lowest BCUT2D eigenvalue weighted by atomic mass is 10.1. The van der Waals surface area contributed by atoms with Gasteiger partial charge < -0.3 is 19.2 Å². The molecule has 4 rings (SSSR count). The van der Waals surface area contributed by atoms with Crippen LogP contribution in [0.5, 0.6) is 11.5 Å². The van der Waals surface area contributed by atoms with Crippen LogP contribution in [0.15, 0.2) is 51.7 Å². The molecule has 26 heavy (non-hydrogen) atoms. The maximum atomic E-state index is 13.5. The van der Waals surface area contributed by atoms with E-state index >= 15 is 0 Å². The summed E-state index contributed by atoms with van der Waals surface area (Å²) in [6.45, 7) is 3.57. The number of aryl methyl sites for hydroxylation is 1. The van der Waals surface area contributed by atoms with Crippen LogP contribution < -0.4 is 15.5 Å². The summed E-state index contributed by atoms with van der Waals surface area (Å²) >= 11 is 0. The Labute approximate surface area is 149 Å². The Morgan fingerprint density at radius 2 is 2.12 bits per heavy atom. The lowest BCUT2D eigenvalue weighted by Gasteiger charge is -2.22. The average molecular weight is 355 g/mol. The molecule has 1 N–H and O–H groups in total. The number of hydrogen-bond donors (Lipinski definition) is 1. The molecule has 0 bridgehead atoms. The summed E-state index contributed by atoms with van der Waals surface area (Å²) in [5, 5.41) is 3.64. The zero-order chi connectivity index (χ0) is 18.1. The average Bonchev–Trinajstić information content (AvgIpc) is 2.66. The molecule has 2 heterocycles. The highest BCUT2D eigenvalue weighted by Crippen LogP contribution is 2.31. The lowest BCUT2D eigenvalue weighted by molar-refractivity contribution is 0.0144. The number of nitrogens with one attached hydrogen (secondary N) is 1. The van der Waals surface area contributed by atoms with Crippen molar-refractivity contribution in [1.82, 2.24) is 5.32 Å². The van der Waals surface area contributed by atoms with E-state index in [1.54, 1.807) is 31.2 Å². The van der Waals surface area contributed by atoms with Gasteiger partial charge in [0.2, 0.25) is 0 Å². The maximum Gasteiger partial charge on any atom is 0.193 e. The second-order valence-electron chi connectivity index (χ2n) is 6.22. The highest BCUT2D eigenvalue weighted by atomic mass is 19.1. The van der Waals surface area contributed by atoms with Crippen LogP contribution in [0.25, 0.3) is 11.0 Å². The van der Waals surface area contributed by atoms with Crippen LogP contribution in [-0.2, 0) is 4.74 Å². The molecule has 0 radical (unpaired) electrons. The monoisotopic (exact) mass is 355 g/mol. The molecule has 0 aliphatic carbocycles. The Kier molecular flexibility index (Phi) is 4.44. The first-order valence-corrected chi connectivity index (χ1v) is 8.45. The van der Waals surface area contributed by atoms with Gasteiger partial charge in [-0.05, 0) is 42.8 Å². The van der Waals surface area contributed by atoms with Gasteiger partial charge in [-0.3, -0.25) is 4.79 Å². The molecule has 1 saturated heterocycles. The molecular formula is C20H18FNO4. The van der Waals surface area contributed by atoms with Gasteiger partial charge in [-0.15, -0.1) is 0 Å². The third-order valence-corrected chi connectivity index (χ3v) is 4.34. The van der Waals surface area contributed by atoms with Gasteiger partial charge in [0.05, 0.1) is 12.0 Å². The number of ether oxygens (including phenoxy) is 2. The van der Waals surface area contributed by atoms with Crippen LogP contribution in [0.4, 0.5) is 4.39 Å². The number of morpholine rings is 1. The standard InChI is InChI=1S/C20H18FNO4/c1-12-9-13(5-6-15(12)21)25-17-4-2-3-14-16(23)10-18(26-20(14)17)19-11-22-7-8-24-19/h2-6,9-10,19,22H,7-8,11H2,1H3. The van der Waals surface area contributed by atoms with E-state index in [0.29, 0.717) is 46.9 Å². The summed E-state index contributed by atoms with van der Waals surface area (Å²) < 4.78 is 31.0. The van der Waals surface area contributed by atoms with Gasteiger partial charge >= 0.3 is 0 Å². The predicted molar refractivity (Wildman–Crippen MR) is 95.3 cm³/mol. The molecule has 1 aromatic heterocycles. The Morgan fingerprint density at radius 1 is 1.23 bits per heavy atom. The Hall–Kier alpha value is -2.70. The Morgan fingerprint density at radius 3 is 2.88 bits per heavy atom. The number of hydrogen-bond acceptors (Lipinski definition) is 5. The van der Waals surface area contributed by atoms with Crippen molar-refractivity contribution >= 4 is 11.0 Å². The van der Waals surface area contributed by atoms with E-state index in [9.17, 15) is 9.18 Å². The fourth-order valence-electron chi connectivity index (χ4n) is 2.96. The third-order valence-electron chi connectivity index (χ3n) is 4.34. The van der Waals surface area contributed by atoms with Gasteiger partial charge in [0.25, 0.3) is 0 Å². The zero-order valence-electron chi connectivity index (χ0n) is 14.3. The van der Waals surface area contributed by atoms with Crippen LogP contribution in [0.3, 0.4) is 0 Å². The minimum Gasteiger partial charge on any atom is -0.454 e. The second-order valence-corrected chi connectivity index (χ2v) is 6.22. The van der Waals surface area contributed by atoms with E-state index in [1.165, 1.54) is 18.2 Å². The van der Waals surface area contributed by atoms with Gasteiger partial charge in [0.15, 0.2) is 16.8 Å². The van der Waals surface area contributed by atoms with E-state index in [-0.39, 0.29) is 17.3 Å². The first kappa shape index (κ1) is 16.8. The molecule has 5 nitrogen and oxygen atoms in total. The van der Waals surface area contributed by atoms with E-state index in [0.717, 1.165) is 6.54 Å². The van der Waals surface area contributed by atoms with Crippen molar-refractivity contribution in [2.24, 2.45) is 0 Å². The summed E-state index contributed by atoms with van der Waals surface area (Å²) in [5.41, 5.74) is 0.675. The van der Waals surface area contributed by atoms with E-state index < -0.39 is 0 Å². The molecule has 1 aliphatic rings. The van der Waals surface area contributed by atoms with Crippen LogP contribution >= 0.6 is 0 Å². The van der Waals surface area contributed by atoms with Gasteiger partial charge in [0.1, 0.15) is 23.4 Å². The second kappa shape index (κ2) is 6.90. The summed E-state index contributed by atoms with van der Waals surface area (Å²) in [6, 6.07) is 11.1. The van der Waals surface area contributed by atoms with Gasteiger partial charge in [-0.1, -0.05) is 6.07 Å². The van der Waals surface area contributed by atoms with Gasteiger partial charge in [-0.25, -0.2) is 4.39 Å². The Bertz CT molecular complexity index is 1010. The molecule has 1 aliphatic heterocycles. The van der Waals surface area contributed by atoms with Crippen molar-refractivity contribution in [3.8, 4) is 11.5 Å². The molecule has 0 spiro atoms. The van der Waals surface area contributed by atoms with Gasteiger partial charge in [0, 0.05) is 19.2 Å². The van der Waals surface area contributed by atoms with E-state index in [2.05, 4.69) is 5.32 Å². The van der Waals surface area contributed by atoms with Crippen molar-refractivity contribution in [1.29, 1.82) is 0 Å². The SMILES string of the molecule is Cc1cc(Oc2cccc3c(=O)cc(C4CNCCO4)oc23)ccc1F. The molecule has 1 unspecified atom stereocenters. The topological polar surface area (TPSA) is 60.7 Å². The van der Waals surface area contributed by atoms with E-state index in [4.69, 9.17) is 13.9 Å². The zero-order valence-corrected chi connectivity index (χ0v) is 14.3. The molecule has 134 valence electrons. The third kappa shape index (κ3) is 3.21. The normalized spacial score (nSPS) is 17.4. The minimum atomic E-state index is -0.318. The Balaban J connectivity index is 1.77. The molecule has 0 amide bonds. The van der Waals surface area contributed by atoms with Crippen LogP contribution in [-0.4, -0.2) is 19.7 Å². The van der Waals surface area contributed by atoms with Crippen molar-refractivity contribution in [3.05, 3.63) is 69.8 Å². The summed E-state index contributed by atoms with van der Waals surface area (Å²) in [5.74, 6) is 1.03. The molecule has 6 heteroatoms. The van der Waals surface area contributed by atoms with Crippen molar-refractivity contribution in [3.63, 3.8) is 0 Å². The largest absolute Gasteiger partial charge is 0.454 e. The van der Waals surface area contributed by atoms with Crippen LogP contribution in [0.2, 0.25) is 0 Å². The summed E-state index contributed by atoms with van der Waals surface area (Å²) in [4.78, 5) is 12.5. The highest BCUT2D eigenvalue weighted by Gasteiger charge is 2.21. The molecule has 1 atom stereocenters. The number of rotatable bonds is 3. The number of halogens is 1. The van der Waals surface area contributed by atoms with Crippen molar-refractivity contribution < 1.29 is 18.3 Å². The molecule has 0 saturated carbocycles.